The van der Waals surface area contributed by atoms with E-state index in [2.05, 4.69) is 50.4 Å². The van der Waals surface area contributed by atoms with Gasteiger partial charge in [-0.3, -0.25) is 4.79 Å². The molecule has 0 fully saturated rings. The van der Waals surface area contributed by atoms with Gasteiger partial charge in [0.05, 0.1) is 5.75 Å². The molecule has 1 aromatic rings. The Balaban J connectivity index is 2.48. The second-order valence-corrected chi connectivity index (χ2v) is 7.03. The number of nitrogens with one attached hydrogen (secondary N) is 1. The van der Waals surface area contributed by atoms with E-state index in [1.54, 1.807) is 16.7 Å². The van der Waals surface area contributed by atoms with Gasteiger partial charge in [-0.1, -0.05) is 32.9 Å². The van der Waals surface area contributed by atoms with Crippen LogP contribution in [0, 0.1) is 0 Å². The lowest BCUT2D eigenvalue weighted by Gasteiger charge is -2.19. The van der Waals surface area contributed by atoms with Gasteiger partial charge in [0, 0.05) is 25.0 Å². The molecule has 1 aromatic carbocycles. The van der Waals surface area contributed by atoms with Crippen molar-refractivity contribution in [3.8, 4) is 0 Å². The summed E-state index contributed by atoms with van der Waals surface area (Å²) in [6.07, 6.45) is 0. The van der Waals surface area contributed by atoms with Gasteiger partial charge < -0.3 is 10.2 Å². The van der Waals surface area contributed by atoms with Crippen molar-refractivity contribution in [2.45, 2.75) is 31.1 Å². The van der Waals surface area contributed by atoms with Crippen molar-refractivity contribution in [3.63, 3.8) is 0 Å². The normalized spacial score (nSPS) is 11.4. The number of nitrogens with zero attached hydrogens (tertiary/aromatic N) is 1. The zero-order valence-electron chi connectivity index (χ0n) is 13.2. The predicted molar refractivity (Wildman–Crippen MR) is 87.4 cm³/mol. The van der Waals surface area contributed by atoms with Crippen LogP contribution >= 0.6 is 11.8 Å². The molecule has 0 aliphatic carbocycles. The van der Waals surface area contributed by atoms with E-state index >= 15 is 0 Å². The monoisotopic (exact) mass is 294 g/mol. The van der Waals surface area contributed by atoms with Crippen molar-refractivity contribution in [1.29, 1.82) is 0 Å². The van der Waals surface area contributed by atoms with Gasteiger partial charge in [-0.15, -0.1) is 11.8 Å². The third kappa shape index (κ3) is 5.55. The summed E-state index contributed by atoms with van der Waals surface area (Å²) < 4.78 is 0. The lowest BCUT2D eigenvalue weighted by atomic mass is 9.87. The number of amides is 1. The van der Waals surface area contributed by atoms with Crippen LogP contribution in [0.2, 0.25) is 0 Å². The molecule has 0 atom stereocenters. The standard InChI is InChI=1S/C16H26N2OS/c1-16(2,3)13-6-8-14(9-7-13)20-12-15(19)18(5)11-10-17-4/h6-9,17H,10-12H2,1-5H3. The molecule has 0 spiro atoms. The van der Waals surface area contributed by atoms with Crippen LogP contribution in [0.1, 0.15) is 26.3 Å². The Hall–Kier alpha value is -1.00. The highest BCUT2D eigenvalue weighted by Crippen LogP contribution is 2.25. The fourth-order valence-corrected chi connectivity index (χ4v) is 2.55. The molecule has 1 amide bonds. The second kappa shape index (κ2) is 7.70. The van der Waals surface area contributed by atoms with Crippen LogP contribution in [0.15, 0.2) is 29.2 Å². The average Bonchev–Trinajstić information content (AvgIpc) is 2.41. The lowest BCUT2D eigenvalue weighted by Crippen LogP contribution is -2.33. The molecule has 112 valence electrons. The summed E-state index contributed by atoms with van der Waals surface area (Å²) in [6, 6.07) is 8.51. The molecule has 0 bridgehead atoms. The number of thioether (sulfide) groups is 1. The first-order valence-corrected chi connectivity index (χ1v) is 7.95. The van der Waals surface area contributed by atoms with Gasteiger partial charge in [0.2, 0.25) is 5.91 Å². The number of rotatable bonds is 6. The van der Waals surface area contributed by atoms with Crippen molar-refractivity contribution >= 4 is 17.7 Å². The first-order valence-electron chi connectivity index (χ1n) is 6.96. The van der Waals surface area contributed by atoms with E-state index in [9.17, 15) is 4.79 Å². The quantitative estimate of drug-likeness (QED) is 0.819. The van der Waals surface area contributed by atoms with Crippen LogP contribution in [-0.4, -0.2) is 43.7 Å². The van der Waals surface area contributed by atoms with E-state index in [1.807, 2.05) is 14.1 Å². The minimum absolute atomic E-state index is 0.171. The van der Waals surface area contributed by atoms with Crippen molar-refractivity contribution in [3.05, 3.63) is 29.8 Å². The number of likely N-dealkylation sites (N-methyl/N-ethyl adjacent to an activating group) is 2. The molecule has 0 heterocycles. The molecule has 20 heavy (non-hydrogen) atoms. The summed E-state index contributed by atoms with van der Waals surface area (Å²) in [5, 5.41) is 3.05. The summed E-state index contributed by atoms with van der Waals surface area (Å²) >= 11 is 1.60. The number of hydrogen-bond donors (Lipinski definition) is 1. The summed E-state index contributed by atoms with van der Waals surface area (Å²) in [5.74, 6) is 0.667. The van der Waals surface area contributed by atoms with E-state index in [1.165, 1.54) is 5.56 Å². The van der Waals surface area contributed by atoms with E-state index in [-0.39, 0.29) is 11.3 Å². The molecule has 4 heteroatoms. The highest BCUT2D eigenvalue weighted by Gasteiger charge is 2.13. The van der Waals surface area contributed by atoms with E-state index < -0.39 is 0 Å². The van der Waals surface area contributed by atoms with Gasteiger partial charge >= 0.3 is 0 Å². The third-order valence-electron chi connectivity index (χ3n) is 3.21. The first kappa shape index (κ1) is 17.1. The van der Waals surface area contributed by atoms with Gasteiger partial charge in [0.15, 0.2) is 0 Å². The molecule has 0 saturated heterocycles. The van der Waals surface area contributed by atoms with Gasteiger partial charge in [-0.05, 0) is 30.2 Å². The molecular formula is C16H26N2OS. The maximum atomic E-state index is 11.9. The van der Waals surface area contributed by atoms with Crippen molar-refractivity contribution in [1.82, 2.24) is 10.2 Å². The molecule has 1 N–H and O–H groups in total. The van der Waals surface area contributed by atoms with Crippen molar-refractivity contribution < 1.29 is 4.79 Å². The average molecular weight is 294 g/mol. The Kier molecular flexibility index (Phi) is 6.56. The number of carbonyl (C=O) groups excluding carboxylic acids is 1. The molecular weight excluding hydrogens is 268 g/mol. The number of benzene rings is 1. The molecule has 3 nitrogen and oxygen atoms in total. The fourth-order valence-electron chi connectivity index (χ4n) is 1.71. The molecule has 0 aliphatic heterocycles. The van der Waals surface area contributed by atoms with Crippen LogP contribution in [0.5, 0.6) is 0 Å². The van der Waals surface area contributed by atoms with Gasteiger partial charge in [0.1, 0.15) is 0 Å². The Morgan fingerprint density at radius 2 is 1.85 bits per heavy atom. The number of hydrogen-bond acceptors (Lipinski definition) is 3. The minimum Gasteiger partial charge on any atom is -0.344 e. The Morgan fingerprint density at radius 1 is 1.25 bits per heavy atom. The molecule has 1 rings (SSSR count). The summed E-state index contributed by atoms with van der Waals surface area (Å²) in [6.45, 7) is 8.19. The Labute approximate surface area is 127 Å². The van der Waals surface area contributed by atoms with Gasteiger partial charge in [-0.25, -0.2) is 0 Å². The lowest BCUT2D eigenvalue weighted by molar-refractivity contribution is -0.127. The highest BCUT2D eigenvalue weighted by atomic mass is 32.2. The Morgan fingerprint density at radius 3 is 2.35 bits per heavy atom. The third-order valence-corrected chi connectivity index (χ3v) is 4.20. The van der Waals surface area contributed by atoms with Crippen LogP contribution in [0.25, 0.3) is 0 Å². The van der Waals surface area contributed by atoms with Crippen LogP contribution in [0.3, 0.4) is 0 Å². The van der Waals surface area contributed by atoms with Crippen molar-refractivity contribution in [2.24, 2.45) is 0 Å². The summed E-state index contributed by atoms with van der Waals surface area (Å²) in [4.78, 5) is 14.8. The topological polar surface area (TPSA) is 32.3 Å². The second-order valence-electron chi connectivity index (χ2n) is 5.98. The predicted octanol–water partition coefficient (Wildman–Crippen LogP) is 2.75. The van der Waals surface area contributed by atoms with Crippen LogP contribution in [0.4, 0.5) is 0 Å². The largest absolute Gasteiger partial charge is 0.344 e. The van der Waals surface area contributed by atoms with Crippen molar-refractivity contribution in [2.75, 3.05) is 32.9 Å². The van der Waals surface area contributed by atoms with Gasteiger partial charge in [-0.2, -0.15) is 0 Å². The highest BCUT2D eigenvalue weighted by molar-refractivity contribution is 8.00. The molecule has 0 aromatic heterocycles. The number of carbonyl (C=O) groups is 1. The summed E-state index contributed by atoms with van der Waals surface area (Å²) in [7, 11) is 3.74. The maximum Gasteiger partial charge on any atom is 0.232 e. The van der Waals surface area contributed by atoms with E-state index in [4.69, 9.17) is 0 Å². The maximum absolute atomic E-state index is 11.9. The van der Waals surface area contributed by atoms with Crippen LogP contribution in [-0.2, 0) is 10.2 Å². The zero-order chi connectivity index (χ0) is 15.2. The summed E-state index contributed by atoms with van der Waals surface area (Å²) in [5.41, 5.74) is 1.49. The molecule has 0 saturated carbocycles. The SMILES string of the molecule is CNCCN(C)C(=O)CSc1ccc(C(C)(C)C)cc1. The first-order chi connectivity index (χ1) is 9.34. The smallest absolute Gasteiger partial charge is 0.232 e. The molecule has 0 unspecified atom stereocenters. The fraction of sp³-hybridized carbons (Fsp3) is 0.562. The molecule has 0 radical (unpaired) electrons. The van der Waals surface area contributed by atoms with Crippen LogP contribution < -0.4 is 5.32 Å². The van der Waals surface area contributed by atoms with Gasteiger partial charge in [0.25, 0.3) is 0 Å². The molecule has 0 aliphatic rings. The zero-order valence-corrected chi connectivity index (χ0v) is 14.0. The Bertz CT molecular complexity index is 423. The minimum atomic E-state index is 0.171. The van der Waals surface area contributed by atoms with E-state index in [0.29, 0.717) is 5.75 Å². The van der Waals surface area contributed by atoms with E-state index in [0.717, 1.165) is 18.0 Å².